The highest BCUT2D eigenvalue weighted by molar-refractivity contribution is 7.10. The van der Waals surface area contributed by atoms with Crippen LogP contribution in [0.5, 0.6) is 5.75 Å². The summed E-state index contributed by atoms with van der Waals surface area (Å²) < 4.78 is 7.41. The Morgan fingerprint density at radius 1 is 1.45 bits per heavy atom. The third kappa shape index (κ3) is 3.61. The van der Waals surface area contributed by atoms with Crippen LogP contribution in [0.2, 0.25) is 0 Å². The van der Waals surface area contributed by atoms with Gasteiger partial charge in [0, 0.05) is 25.0 Å². The zero-order valence-corrected chi connectivity index (χ0v) is 13.2. The lowest BCUT2D eigenvalue weighted by atomic mass is 10.1. The first kappa shape index (κ1) is 15.1. The van der Waals surface area contributed by atoms with Crippen molar-refractivity contribution in [1.29, 1.82) is 0 Å². The monoisotopic (exact) mass is 293 g/mol. The fourth-order valence-corrected chi connectivity index (χ4v) is 3.29. The summed E-state index contributed by atoms with van der Waals surface area (Å²) in [5.74, 6) is 0.994. The summed E-state index contributed by atoms with van der Waals surface area (Å²) >= 11 is 1.76. The van der Waals surface area contributed by atoms with Gasteiger partial charge in [0.15, 0.2) is 0 Å². The van der Waals surface area contributed by atoms with Crippen LogP contribution >= 0.6 is 11.3 Å². The maximum Gasteiger partial charge on any atom is 0.134 e. The summed E-state index contributed by atoms with van der Waals surface area (Å²) in [4.78, 5) is 1.29. The van der Waals surface area contributed by atoms with Crippen molar-refractivity contribution in [3.8, 4) is 5.75 Å². The molecule has 2 aromatic rings. The van der Waals surface area contributed by atoms with Crippen molar-refractivity contribution >= 4 is 11.3 Å². The number of nitrogens with one attached hydrogen (secondary N) is 1. The maximum absolute atomic E-state index is 5.46. The van der Waals surface area contributed by atoms with Gasteiger partial charge in [-0.3, -0.25) is 4.68 Å². The second kappa shape index (κ2) is 7.45. The number of rotatable bonds is 8. The van der Waals surface area contributed by atoms with Crippen molar-refractivity contribution in [2.75, 3.05) is 13.7 Å². The smallest absolute Gasteiger partial charge is 0.134 e. The third-order valence-electron chi connectivity index (χ3n) is 3.45. The predicted octanol–water partition coefficient (Wildman–Crippen LogP) is 3.16. The Morgan fingerprint density at radius 2 is 2.30 bits per heavy atom. The van der Waals surface area contributed by atoms with Crippen molar-refractivity contribution in [3.05, 3.63) is 34.3 Å². The van der Waals surface area contributed by atoms with E-state index in [9.17, 15) is 0 Å². The summed E-state index contributed by atoms with van der Waals surface area (Å²) in [6, 6.07) is 4.48. The molecule has 1 N–H and O–H groups in total. The van der Waals surface area contributed by atoms with Crippen LogP contribution in [0.3, 0.4) is 0 Å². The molecule has 2 rings (SSSR count). The molecule has 0 amide bonds. The Bertz CT molecular complexity index is 521. The van der Waals surface area contributed by atoms with Crippen LogP contribution in [-0.4, -0.2) is 23.4 Å². The highest BCUT2D eigenvalue weighted by Crippen LogP contribution is 2.33. The average molecular weight is 293 g/mol. The van der Waals surface area contributed by atoms with Crippen LogP contribution < -0.4 is 10.1 Å². The standard InChI is InChI=1S/C15H23N3OS/c1-4-9-16-13(15-14(19-3)8-11-20-15)6-5-12-7-10-17-18(12)2/h7-8,10-11,13,16H,4-6,9H2,1-3H3. The first-order chi connectivity index (χ1) is 9.76. The molecule has 20 heavy (non-hydrogen) atoms. The molecule has 0 spiro atoms. The zero-order valence-electron chi connectivity index (χ0n) is 12.4. The summed E-state index contributed by atoms with van der Waals surface area (Å²) in [6.45, 7) is 3.22. The Morgan fingerprint density at radius 3 is 2.95 bits per heavy atom. The molecule has 2 heterocycles. The van der Waals surface area contributed by atoms with Crippen LogP contribution in [0.15, 0.2) is 23.7 Å². The van der Waals surface area contributed by atoms with Gasteiger partial charge in [0.25, 0.3) is 0 Å². The van der Waals surface area contributed by atoms with E-state index in [0.717, 1.165) is 31.6 Å². The normalized spacial score (nSPS) is 12.6. The number of hydrogen-bond acceptors (Lipinski definition) is 4. The Kier molecular flexibility index (Phi) is 5.61. The van der Waals surface area contributed by atoms with Crippen molar-refractivity contribution in [1.82, 2.24) is 15.1 Å². The summed E-state index contributed by atoms with van der Waals surface area (Å²) in [5, 5.41) is 9.95. The summed E-state index contributed by atoms with van der Waals surface area (Å²) in [5.41, 5.74) is 1.27. The molecule has 110 valence electrons. The summed E-state index contributed by atoms with van der Waals surface area (Å²) in [6.07, 6.45) is 5.06. The minimum absolute atomic E-state index is 0.347. The van der Waals surface area contributed by atoms with Crippen LogP contribution in [0, 0.1) is 0 Å². The van der Waals surface area contributed by atoms with Crippen molar-refractivity contribution in [3.63, 3.8) is 0 Å². The minimum atomic E-state index is 0.347. The lowest BCUT2D eigenvalue weighted by molar-refractivity contribution is 0.399. The number of nitrogens with zero attached hydrogens (tertiary/aromatic N) is 2. The van der Waals surface area contributed by atoms with Crippen LogP contribution in [-0.2, 0) is 13.5 Å². The third-order valence-corrected chi connectivity index (χ3v) is 4.46. The van der Waals surface area contributed by atoms with Crippen LogP contribution in [0.4, 0.5) is 0 Å². The molecule has 0 aromatic carbocycles. The van der Waals surface area contributed by atoms with E-state index in [4.69, 9.17) is 4.74 Å². The van der Waals surface area contributed by atoms with E-state index in [1.807, 2.05) is 24.0 Å². The van der Waals surface area contributed by atoms with Crippen LogP contribution in [0.1, 0.15) is 36.4 Å². The van der Waals surface area contributed by atoms with E-state index in [2.05, 4.69) is 28.8 Å². The highest BCUT2D eigenvalue weighted by Gasteiger charge is 2.17. The molecule has 0 saturated carbocycles. The number of aromatic nitrogens is 2. The van der Waals surface area contributed by atoms with E-state index < -0.39 is 0 Å². The van der Waals surface area contributed by atoms with Gasteiger partial charge in [-0.2, -0.15) is 5.10 Å². The second-order valence-corrected chi connectivity index (χ2v) is 5.79. The van der Waals surface area contributed by atoms with Gasteiger partial charge in [0.05, 0.1) is 12.0 Å². The molecule has 1 atom stereocenters. The highest BCUT2D eigenvalue weighted by atomic mass is 32.1. The molecule has 0 radical (unpaired) electrons. The van der Waals surface area contributed by atoms with Gasteiger partial charge in [-0.15, -0.1) is 11.3 Å². The fraction of sp³-hybridized carbons (Fsp3) is 0.533. The number of methoxy groups -OCH3 is 1. The molecule has 0 fully saturated rings. The molecule has 0 aliphatic carbocycles. The second-order valence-electron chi connectivity index (χ2n) is 4.84. The molecular formula is C15H23N3OS. The van der Waals surface area contributed by atoms with Gasteiger partial charge in [0.2, 0.25) is 0 Å². The predicted molar refractivity (Wildman–Crippen MR) is 83.4 cm³/mol. The molecule has 2 aromatic heterocycles. The topological polar surface area (TPSA) is 39.1 Å². The van der Waals surface area contributed by atoms with Crippen molar-refractivity contribution < 1.29 is 4.74 Å². The van der Waals surface area contributed by atoms with E-state index in [-0.39, 0.29) is 0 Å². The van der Waals surface area contributed by atoms with Crippen molar-refractivity contribution in [2.24, 2.45) is 7.05 Å². The largest absolute Gasteiger partial charge is 0.496 e. The molecule has 0 aliphatic heterocycles. The van der Waals surface area contributed by atoms with Crippen molar-refractivity contribution in [2.45, 2.75) is 32.2 Å². The number of hydrogen-bond donors (Lipinski definition) is 1. The molecule has 0 saturated heterocycles. The Balaban J connectivity index is 2.05. The molecule has 4 nitrogen and oxygen atoms in total. The zero-order chi connectivity index (χ0) is 14.4. The lowest BCUT2D eigenvalue weighted by Crippen LogP contribution is -2.22. The lowest BCUT2D eigenvalue weighted by Gasteiger charge is -2.18. The minimum Gasteiger partial charge on any atom is -0.496 e. The fourth-order valence-electron chi connectivity index (χ4n) is 2.32. The van der Waals surface area contributed by atoms with Gasteiger partial charge < -0.3 is 10.1 Å². The molecule has 0 aliphatic rings. The Hall–Kier alpha value is -1.33. The molecular weight excluding hydrogens is 270 g/mol. The van der Waals surface area contributed by atoms with Gasteiger partial charge >= 0.3 is 0 Å². The number of thiophene rings is 1. The Labute approximate surface area is 124 Å². The van der Waals surface area contributed by atoms with E-state index in [1.54, 1.807) is 18.4 Å². The molecule has 5 heteroatoms. The van der Waals surface area contributed by atoms with E-state index >= 15 is 0 Å². The van der Waals surface area contributed by atoms with Gasteiger partial charge in [-0.25, -0.2) is 0 Å². The van der Waals surface area contributed by atoms with Gasteiger partial charge in [-0.1, -0.05) is 6.92 Å². The first-order valence-corrected chi connectivity index (χ1v) is 7.95. The SMILES string of the molecule is CCCNC(CCc1ccnn1C)c1sccc1OC. The van der Waals surface area contributed by atoms with Crippen LogP contribution in [0.25, 0.3) is 0 Å². The van der Waals surface area contributed by atoms with E-state index in [0.29, 0.717) is 6.04 Å². The van der Waals surface area contributed by atoms with Gasteiger partial charge in [0.1, 0.15) is 5.75 Å². The molecule has 1 unspecified atom stereocenters. The molecule has 0 bridgehead atoms. The maximum atomic E-state index is 5.46. The quantitative estimate of drug-likeness (QED) is 0.812. The van der Waals surface area contributed by atoms with E-state index in [1.165, 1.54) is 10.6 Å². The van der Waals surface area contributed by atoms with Gasteiger partial charge in [-0.05, 0) is 43.3 Å². The summed E-state index contributed by atoms with van der Waals surface area (Å²) in [7, 11) is 3.74. The average Bonchev–Trinajstić information content (AvgIpc) is 3.08. The number of ether oxygens (including phenoxy) is 1. The first-order valence-electron chi connectivity index (χ1n) is 7.08. The number of aryl methyl sites for hydroxylation is 2.